The van der Waals surface area contributed by atoms with Crippen molar-refractivity contribution in [3.8, 4) is 0 Å². The number of pyridine rings is 1. The molecule has 0 radical (unpaired) electrons. The standard InChI is InChI=1S/C10H8N2O2/c13-7-9-6-10(14-12-9)5-8-3-1-2-4-11-8/h1-4,6-7H,5H2. The van der Waals surface area contributed by atoms with Gasteiger partial charge in [0.15, 0.2) is 6.29 Å². The number of carbonyl (C=O) groups is 1. The highest BCUT2D eigenvalue weighted by Gasteiger charge is 2.04. The van der Waals surface area contributed by atoms with Gasteiger partial charge >= 0.3 is 0 Å². The highest BCUT2D eigenvalue weighted by atomic mass is 16.5. The maximum absolute atomic E-state index is 10.3. The summed E-state index contributed by atoms with van der Waals surface area (Å²) >= 11 is 0. The van der Waals surface area contributed by atoms with Gasteiger partial charge in [0, 0.05) is 18.0 Å². The topological polar surface area (TPSA) is 56.0 Å². The van der Waals surface area contributed by atoms with Crippen LogP contribution in [0.5, 0.6) is 0 Å². The summed E-state index contributed by atoms with van der Waals surface area (Å²) in [5.74, 6) is 0.644. The molecule has 2 aromatic heterocycles. The molecule has 4 nitrogen and oxygen atoms in total. The van der Waals surface area contributed by atoms with Crippen molar-refractivity contribution in [2.45, 2.75) is 6.42 Å². The second-order valence-electron chi connectivity index (χ2n) is 2.83. The SMILES string of the molecule is O=Cc1cc(Cc2ccccn2)on1. The molecular formula is C10H8N2O2. The summed E-state index contributed by atoms with van der Waals surface area (Å²) in [4.78, 5) is 14.5. The summed E-state index contributed by atoms with van der Waals surface area (Å²) in [5, 5.41) is 3.56. The number of aromatic nitrogens is 2. The lowest BCUT2D eigenvalue weighted by molar-refractivity contribution is 0.111. The van der Waals surface area contributed by atoms with Crippen LogP contribution in [-0.4, -0.2) is 16.4 Å². The number of aldehydes is 1. The molecule has 2 rings (SSSR count). The first-order chi connectivity index (χ1) is 6.88. The van der Waals surface area contributed by atoms with E-state index in [-0.39, 0.29) is 0 Å². The van der Waals surface area contributed by atoms with Crippen LogP contribution < -0.4 is 0 Å². The van der Waals surface area contributed by atoms with Crippen LogP contribution in [-0.2, 0) is 6.42 Å². The fourth-order valence-corrected chi connectivity index (χ4v) is 1.15. The van der Waals surface area contributed by atoms with E-state index < -0.39 is 0 Å². The van der Waals surface area contributed by atoms with Gasteiger partial charge in [-0.3, -0.25) is 9.78 Å². The van der Waals surface area contributed by atoms with Crippen LogP contribution in [0.15, 0.2) is 35.0 Å². The van der Waals surface area contributed by atoms with E-state index in [4.69, 9.17) is 4.52 Å². The largest absolute Gasteiger partial charge is 0.360 e. The average Bonchev–Trinajstić information content (AvgIpc) is 2.67. The number of nitrogens with zero attached hydrogens (tertiary/aromatic N) is 2. The highest BCUT2D eigenvalue weighted by molar-refractivity contribution is 5.71. The second-order valence-corrected chi connectivity index (χ2v) is 2.83. The first kappa shape index (κ1) is 8.62. The molecule has 0 fully saturated rings. The Hall–Kier alpha value is -1.97. The van der Waals surface area contributed by atoms with E-state index in [0.29, 0.717) is 24.2 Å². The quantitative estimate of drug-likeness (QED) is 0.684. The van der Waals surface area contributed by atoms with E-state index in [1.165, 1.54) is 0 Å². The van der Waals surface area contributed by atoms with Crippen LogP contribution in [0.4, 0.5) is 0 Å². The molecule has 70 valence electrons. The summed E-state index contributed by atoms with van der Waals surface area (Å²) in [5.41, 5.74) is 1.21. The fourth-order valence-electron chi connectivity index (χ4n) is 1.15. The Kier molecular flexibility index (Phi) is 2.36. The summed E-state index contributed by atoms with van der Waals surface area (Å²) in [6, 6.07) is 7.25. The van der Waals surface area contributed by atoms with Gasteiger partial charge in [0.2, 0.25) is 0 Å². The van der Waals surface area contributed by atoms with E-state index in [2.05, 4.69) is 10.1 Å². The van der Waals surface area contributed by atoms with Gasteiger partial charge in [-0.15, -0.1) is 0 Å². The summed E-state index contributed by atoms with van der Waals surface area (Å²) in [7, 11) is 0. The zero-order chi connectivity index (χ0) is 9.80. The molecule has 2 aromatic rings. The van der Waals surface area contributed by atoms with Crippen molar-refractivity contribution in [3.05, 3.63) is 47.6 Å². The maximum Gasteiger partial charge on any atom is 0.171 e. The summed E-state index contributed by atoms with van der Waals surface area (Å²) in [6.45, 7) is 0. The third kappa shape index (κ3) is 1.85. The Labute approximate surface area is 80.6 Å². The molecule has 0 aromatic carbocycles. The van der Waals surface area contributed by atoms with Crippen molar-refractivity contribution in [2.75, 3.05) is 0 Å². The number of hydrogen-bond acceptors (Lipinski definition) is 4. The maximum atomic E-state index is 10.3. The van der Waals surface area contributed by atoms with Crippen molar-refractivity contribution < 1.29 is 9.32 Å². The lowest BCUT2D eigenvalue weighted by atomic mass is 10.2. The van der Waals surface area contributed by atoms with Gasteiger partial charge in [0.05, 0.1) is 6.42 Å². The van der Waals surface area contributed by atoms with Crippen LogP contribution in [0, 0.1) is 0 Å². The minimum atomic E-state index is 0.316. The molecule has 0 bridgehead atoms. The molecule has 0 amide bonds. The van der Waals surface area contributed by atoms with Crippen LogP contribution in [0.3, 0.4) is 0 Å². The van der Waals surface area contributed by atoms with Crippen molar-refractivity contribution in [1.29, 1.82) is 0 Å². The van der Waals surface area contributed by atoms with Crippen molar-refractivity contribution in [3.63, 3.8) is 0 Å². The number of carbonyl (C=O) groups excluding carboxylic acids is 1. The van der Waals surface area contributed by atoms with Crippen molar-refractivity contribution in [2.24, 2.45) is 0 Å². The first-order valence-electron chi connectivity index (χ1n) is 4.19. The molecule has 0 saturated carbocycles. The zero-order valence-electron chi connectivity index (χ0n) is 7.38. The van der Waals surface area contributed by atoms with E-state index in [9.17, 15) is 4.79 Å². The molecule has 0 atom stereocenters. The lowest BCUT2D eigenvalue weighted by Crippen LogP contribution is -1.88. The van der Waals surface area contributed by atoms with Gasteiger partial charge < -0.3 is 4.52 Å². The fraction of sp³-hybridized carbons (Fsp3) is 0.100. The van der Waals surface area contributed by atoms with E-state index >= 15 is 0 Å². The minimum absolute atomic E-state index is 0.316. The monoisotopic (exact) mass is 188 g/mol. The molecule has 2 heterocycles. The number of hydrogen-bond donors (Lipinski definition) is 0. The predicted octanol–water partition coefficient (Wildman–Crippen LogP) is 1.47. The minimum Gasteiger partial charge on any atom is -0.360 e. The first-order valence-corrected chi connectivity index (χ1v) is 4.19. The Balaban J connectivity index is 2.15. The molecule has 4 heteroatoms. The molecule has 0 saturated heterocycles. The predicted molar refractivity (Wildman–Crippen MR) is 48.9 cm³/mol. The van der Waals surface area contributed by atoms with Gasteiger partial charge in [0.25, 0.3) is 0 Å². The zero-order valence-corrected chi connectivity index (χ0v) is 7.38. The van der Waals surface area contributed by atoms with E-state index in [0.717, 1.165) is 5.69 Å². The van der Waals surface area contributed by atoms with Crippen LogP contribution in [0.1, 0.15) is 21.9 Å². The van der Waals surface area contributed by atoms with Gasteiger partial charge in [-0.25, -0.2) is 0 Å². The van der Waals surface area contributed by atoms with Gasteiger partial charge in [0.1, 0.15) is 11.5 Å². The van der Waals surface area contributed by atoms with Crippen LogP contribution >= 0.6 is 0 Å². The van der Waals surface area contributed by atoms with Crippen molar-refractivity contribution in [1.82, 2.24) is 10.1 Å². The molecule has 14 heavy (non-hydrogen) atoms. The third-order valence-electron chi connectivity index (χ3n) is 1.78. The summed E-state index contributed by atoms with van der Waals surface area (Å²) in [6.07, 6.45) is 2.93. The summed E-state index contributed by atoms with van der Waals surface area (Å²) < 4.78 is 4.94. The van der Waals surface area contributed by atoms with Crippen molar-refractivity contribution >= 4 is 6.29 Å². The smallest absolute Gasteiger partial charge is 0.171 e. The third-order valence-corrected chi connectivity index (χ3v) is 1.78. The van der Waals surface area contributed by atoms with Crippen LogP contribution in [0.25, 0.3) is 0 Å². The Morgan fingerprint density at radius 2 is 2.36 bits per heavy atom. The second kappa shape index (κ2) is 3.83. The molecule has 0 aliphatic carbocycles. The van der Waals surface area contributed by atoms with Gasteiger partial charge in [-0.2, -0.15) is 0 Å². The van der Waals surface area contributed by atoms with E-state index in [1.54, 1.807) is 12.3 Å². The molecule has 0 aliphatic heterocycles. The molecule has 0 spiro atoms. The molecule has 0 aliphatic rings. The number of rotatable bonds is 3. The van der Waals surface area contributed by atoms with Crippen LogP contribution in [0.2, 0.25) is 0 Å². The lowest BCUT2D eigenvalue weighted by Gasteiger charge is -1.93. The van der Waals surface area contributed by atoms with Gasteiger partial charge in [-0.05, 0) is 12.1 Å². The van der Waals surface area contributed by atoms with E-state index in [1.807, 2.05) is 18.2 Å². The molecular weight excluding hydrogens is 180 g/mol. The molecule has 0 N–H and O–H groups in total. The highest BCUT2D eigenvalue weighted by Crippen LogP contribution is 2.07. The average molecular weight is 188 g/mol. The van der Waals surface area contributed by atoms with Gasteiger partial charge in [-0.1, -0.05) is 11.2 Å². The molecule has 0 unspecified atom stereocenters. The Bertz CT molecular complexity index is 423. The normalized spacial score (nSPS) is 10.0. The Morgan fingerprint density at radius 3 is 3.00 bits per heavy atom. The Morgan fingerprint density at radius 1 is 1.43 bits per heavy atom.